The Labute approximate surface area is 124 Å². The van der Waals surface area contributed by atoms with E-state index < -0.39 is 0 Å². The van der Waals surface area contributed by atoms with Crippen LogP contribution in [0.15, 0.2) is 18.2 Å². The SMILES string of the molecule is CC(NC(=O)CC1CCCC1)c1ccc(Cl)cc1Cl. The molecular weight excluding hydrogens is 281 g/mol. The van der Waals surface area contributed by atoms with Gasteiger partial charge in [-0.3, -0.25) is 4.79 Å². The Balaban J connectivity index is 1.92. The van der Waals surface area contributed by atoms with Crippen molar-refractivity contribution in [1.29, 1.82) is 0 Å². The van der Waals surface area contributed by atoms with Crippen LogP contribution in [-0.2, 0) is 4.79 Å². The van der Waals surface area contributed by atoms with Gasteiger partial charge in [-0.05, 0) is 43.4 Å². The summed E-state index contributed by atoms with van der Waals surface area (Å²) in [5, 5.41) is 4.22. The van der Waals surface area contributed by atoms with Gasteiger partial charge in [-0.15, -0.1) is 0 Å². The molecule has 0 spiro atoms. The third-order valence-electron chi connectivity index (χ3n) is 3.76. The number of hydrogen-bond donors (Lipinski definition) is 1. The van der Waals surface area contributed by atoms with Gasteiger partial charge in [-0.1, -0.05) is 42.1 Å². The van der Waals surface area contributed by atoms with Crippen LogP contribution in [0.25, 0.3) is 0 Å². The smallest absolute Gasteiger partial charge is 0.220 e. The number of carbonyl (C=O) groups is 1. The van der Waals surface area contributed by atoms with Crippen LogP contribution in [0.4, 0.5) is 0 Å². The number of benzene rings is 1. The van der Waals surface area contributed by atoms with Gasteiger partial charge in [-0.2, -0.15) is 0 Å². The molecule has 1 atom stereocenters. The van der Waals surface area contributed by atoms with Gasteiger partial charge in [-0.25, -0.2) is 0 Å². The monoisotopic (exact) mass is 299 g/mol. The van der Waals surface area contributed by atoms with Gasteiger partial charge in [0.05, 0.1) is 6.04 Å². The lowest BCUT2D eigenvalue weighted by atomic mass is 10.0. The van der Waals surface area contributed by atoms with Crippen LogP contribution in [0.2, 0.25) is 10.0 Å². The molecule has 0 aromatic heterocycles. The maximum absolute atomic E-state index is 12.0. The maximum Gasteiger partial charge on any atom is 0.220 e. The Morgan fingerprint density at radius 1 is 1.37 bits per heavy atom. The van der Waals surface area contributed by atoms with E-state index in [4.69, 9.17) is 23.2 Å². The average Bonchev–Trinajstić information content (AvgIpc) is 2.81. The van der Waals surface area contributed by atoms with E-state index in [1.54, 1.807) is 12.1 Å². The van der Waals surface area contributed by atoms with Gasteiger partial charge in [0.1, 0.15) is 0 Å². The standard InChI is InChI=1S/C15H19Cl2NO/c1-10(13-7-6-12(16)9-14(13)17)18-15(19)8-11-4-2-3-5-11/h6-7,9-11H,2-5,8H2,1H3,(H,18,19). The summed E-state index contributed by atoms with van der Waals surface area (Å²) < 4.78 is 0. The highest BCUT2D eigenvalue weighted by Crippen LogP contribution is 2.29. The molecule has 1 aliphatic carbocycles. The fourth-order valence-corrected chi connectivity index (χ4v) is 3.28. The summed E-state index contributed by atoms with van der Waals surface area (Å²) in [4.78, 5) is 12.0. The van der Waals surface area contributed by atoms with Crippen LogP contribution in [-0.4, -0.2) is 5.91 Å². The molecule has 1 aromatic rings. The molecule has 0 bridgehead atoms. The first kappa shape index (κ1) is 14.7. The number of rotatable bonds is 4. The van der Waals surface area contributed by atoms with Crippen LogP contribution < -0.4 is 5.32 Å². The number of amides is 1. The van der Waals surface area contributed by atoms with Crippen molar-refractivity contribution in [1.82, 2.24) is 5.32 Å². The van der Waals surface area contributed by atoms with Crippen molar-refractivity contribution in [3.63, 3.8) is 0 Å². The first-order valence-electron chi connectivity index (χ1n) is 6.80. The molecule has 1 unspecified atom stereocenters. The molecule has 1 N–H and O–H groups in total. The second-order valence-electron chi connectivity index (χ2n) is 5.31. The third kappa shape index (κ3) is 4.12. The summed E-state index contributed by atoms with van der Waals surface area (Å²) in [6.45, 7) is 1.95. The molecule has 2 nitrogen and oxygen atoms in total. The van der Waals surface area contributed by atoms with Crippen LogP contribution in [0, 0.1) is 5.92 Å². The first-order chi connectivity index (χ1) is 9.06. The minimum atomic E-state index is -0.0846. The Hall–Kier alpha value is -0.730. The molecule has 1 aliphatic rings. The summed E-state index contributed by atoms with van der Waals surface area (Å²) in [7, 11) is 0. The molecule has 2 rings (SSSR count). The van der Waals surface area contributed by atoms with E-state index in [9.17, 15) is 4.79 Å². The minimum Gasteiger partial charge on any atom is -0.350 e. The second kappa shape index (κ2) is 6.62. The highest BCUT2D eigenvalue weighted by Gasteiger charge is 2.20. The van der Waals surface area contributed by atoms with Crippen molar-refractivity contribution < 1.29 is 4.79 Å². The molecule has 0 radical (unpaired) electrons. The Morgan fingerprint density at radius 2 is 2.05 bits per heavy atom. The van der Waals surface area contributed by atoms with Crippen molar-refractivity contribution >= 4 is 29.1 Å². The predicted octanol–water partition coefficient (Wildman–Crippen LogP) is 4.75. The zero-order chi connectivity index (χ0) is 13.8. The number of halogens is 2. The molecule has 0 saturated heterocycles. The van der Waals surface area contributed by atoms with Crippen LogP contribution in [0.3, 0.4) is 0 Å². The summed E-state index contributed by atoms with van der Waals surface area (Å²) in [6.07, 6.45) is 5.52. The summed E-state index contributed by atoms with van der Waals surface area (Å²) in [5.41, 5.74) is 0.908. The molecule has 1 saturated carbocycles. The molecule has 0 heterocycles. The van der Waals surface area contributed by atoms with Gasteiger partial charge in [0.2, 0.25) is 5.91 Å². The number of carbonyl (C=O) groups excluding carboxylic acids is 1. The zero-order valence-electron chi connectivity index (χ0n) is 11.1. The molecular formula is C15H19Cl2NO. The van der Waals surface area contributed by atoms with Gasteiger partial charge in [0, 0.05) is 16.5 Å². The van der Waals surface area contributed by atoms with Crippen LogP contribution in [0.1, 0.15) is 50.6 Å². The zero-order valence-corrected chi connectivity index (χ0v) is 12.6. The van der Waals surface area contributed by atoms with E-state index in [1.165, 1.54) is 25.7 Å². The van der Waals surface area contributed by atoms with E-state index in [2.05, 4.69) is 5.32 Å². The molecule has 1 fully saturated rings. The second-order valence-corrected chi connectivity index (χ2v) is 6.15. The summed E-state index contributed by atoms with van der Waals surface area (Å²) in [5.74, 6) is 0.679. The van der Waals surface area contributed by atoms with E-state index >= 15 is 0 Å². The first-order valence-corrected chi connectivity index (χ1v) is 7.56. The lowest BCUT2D eigenvalue weighted by Gasteiger charge is -2.17. The lowest BCUT2D eigenvalue weighted by molar-refractivity contribution is -0.122. The third-order valence-corrected chi connectivity index (χ3v) is 4.32. The topological polar surface area (TPSA) is 29.1 Å². The van der Waals surface area contributed by atoms with Gasteiger partial charge in [0.25, 0.3) is 0 Å². The minimum absolute atomic E-state index is 0.0846. The van der Waals surface area contributed by atoms with Crippen molar-refractivity contribution in [3.8, 4) is 0 Å². The quantitative estimate of drug-likeness (QED) is 0.854. The molecule has 0 aliphatic heterocycles. The highest BCUT2D eigenvalue weighted by molar-refractivity contribution is 6.35. The lowest BCUT2D eigenvalue weighted by Crippen LogP contribution is -2.28. The predicted molar refractivity (Wildman–Crippen MR) is 79.6 cm³/mol. The largest absolute Gasteiger partial charge is 0.350 e. The van der Waals surface area contributed by atoms with E-state index in [1.807, 2.05) is 13.0 Å². The van der Waals surface area contributed by atoms with Crippen molar-refractivity contribution in [2.24, 2.45) is 5.92 Å². The maximum atomic E-state index is 12.0. The molecule has 104 valence electrons. The molecule has 1 aromatic carbocycles. The Kier molecular flexibility index (Phi) is 5.12. The molecule has 1 amide bonds. The molecule has 4 heteroatoms. The average molecular weight is 300 g/mol. The molecule has 19 heavy (non-hydrogen) atoms. The van der Waals surface area contributed by atoms with E-state index in [-0.39, 0.29) is 11.9 Å². The summed E-state index contributed by atoms with van der Waals surface area (Å²) >= 11 is 12.0. The van der Waals surface area contributed by atoms with Crippen LogP contribution >= 0.6 is 23.2 Å². The summed E-state index contributed by atoms with van der Waals surface area (Å²) in [6, 6.07) is 5.28. The van der Waals surface area contributed by atoms with Crippen LogP contribution in [0.5, 0.6) is 0 Å². The highest BCUT2D eigenvalue weighted by atomic mass is 35.5. The Morgan fingerprint density at radius 3 is 2.68 bits per heavy atom. The van der Waals surface area contributed by atoms with Crippen molar-refractivity contribution in [2.75, 3.05) is 0 Å². The van der Waals surface area contributed by atoms with E-state index in [0.29, 0.717) is 22.4 Å². The van der Waals surface area contributed by atoms with Gasteiger partial charge < -0.3 is 5.32 Å². The van der Waals surface area contributed by atoms with Gasteiger partial charge in [0.15, 0.2) is 0 Å². The number of nitrogens with one attached hydrogen (secondary N) is 1. The fraction of sp³-hybridized carbons (Fsp3) is 0.533. The van der Waals surface area contributed by atoms with E-state index in [0.717, 1.165) is 5.56 Å². The number of hydrogen-bond acceptors (Lipinski definition) is 1. The fourth-order valence-electron chi connectivity index (χ4n) is 2.71. The Bertz CT molecular complexity index is 455. The normalized spacial score (nSPS) is 17.4. The van der Waals surface area contributed by atoms with Crippen molar-refractivity contribution in [2.45, 2.75) is 45.1 Å². The van der Waals surface area contributed by atoms with Crippen molar-refractivity contribution in [3.05, 3.63) is 33.8 Å². The van der Waals surface area contributed by atoms with Gasteiger partial charge >= 0.3 is 0 Å².